The van der Waals surface area contributed by atoms with Gasteiger partial charge < -0.3 is 10.7 Å². The summed E-state index contributed by atoms with van der Waals surface area (Å²) < 4.78 is 0. The van der Waals surface area contributed by atoms with Crippen molar-refractivity contribution in [3.63, 3.8) is 0 Å². The lowest BCUT2D eigenvalue weighted by atomic mass is 10.1. The van der Waals surface area contributed by atoms with Gasteiger partial charge in [0.15, 0.2) is 5.82 Å². The lowest BCUT2D eigenvalue weighted by Gasteiger charge is -2.09. The van der Waals surface area contributed by atoms with Crippen molar-refractivity contribution in [3.8, 4) is 0 Å². The Hall–Kier alpha value is -2.48. The Bertz CT molecular complexity index is 537. The number of rotatable bonds is 4. The van der Waals surface area contributed by atoms with Gasteiger partial charge >= 0.3 is 0 Å². The van der Waals surface area contributed by atoms with Crippen molar-refractivity contribution in [3.05, 3.63) is 35.2 Å². The molecule has 0 fully saturated rings. The van der Waals surface area contributed by atoms with Crippen molar-refractivity contribution in [1.82, 2.24) is 25.9 Å². The van der Waals surface area contributed by atoms with Crippen LogP contribution in [0.5, 0.6) is 0 Å². The molecule has 0 saturated carbocycles. The normalized spacial score (nSPS) is 10.1. The van der Waals surface area contributed by atoms with Crippen LogP contribution in [0.1, 0.15) is 21.7 Å². The van der Waals surface area contributed by atoms with Crippen molar-refractivity contribution < 1.29 is 4.79 Å². The molecular formula is C10H13N7O. The zero-order chi connectivity index (χ0) is 13.0. The second-order valence-corrected chi connectivity index (χ2v) is 3.70. The third-order valence-electron chi connectivity index (χ3n) is 2.37. The predicted octanol–water partition coefficient (Wildman–Crippen LogP) is -0.276. The summed E-state index contributed by atoms with van der Waals surface area (Å²) in [6, 6.07) is 5.34. The van der Waals surface area contributed by atoms with E-state index in [9.17, 15) is 4.79 Å². The Labute approximate surface area is 103 Å². The number of tetrazole rings is 1. The van der Waals surface area contributed by atoms with Crippen LogP contribution in [-0.2, 0) is 6.54 Å². The number of H-pyrrole nitrogens is 1. The van der Waals surface area contributed by atoms with E-state index in [0.29, 0.717) is 17.1 Å². The number of hydrogen-bond donors (Lipinski definition) is 4. The first-order valence-electron chi connectivity index (χ1n) is 5.28. The van der Waals surface area contributed by atoms with E-state index in [1.807, 2.05) is 13.0 Å². The molecule has 0 radical (unpaired) electrons. The van der Waals surface area contributed by atoms with Crippen LogP contribution >= 0.6 is 0 Å². The van der Waals surface area contributed by atoms with E-state index in [1.54, 1.807) is 12.1 Å². The van der Waals surface area contributed by atoms with Crippen LogP contribution in [0.4, 0.5) is 5.69 Å². The molecule has 1 heterocycles. The Balaban J connectivity index is 2.09. The van der Waals surface area contributed by atoms with Gasteiger partial charge in [-0.2, -0.15) is 5.21 Å². The first-order valence-corrected chi connectivity index (χ1v) is 5.28. The van der Waals surface area contributed by atoms with Crippen LogP contribution in [0.15, 0.2) is 18.2 Å². The summed E-state index contributed by atoms with van der Waals surface area (Å²) in [5, 5.41) is 15.9. The second kappa shape index (κ2) is 5.23. The third kappa shape index (κ3) is 2.61. The zero-order valence-electron chi connectivity index (χ0n) is 9.77. The minimum atomic E-state index is -0.257. The molecule has 1 amide bonds. The number of hydrogen-bond acceptors (Lipinski definition) is 6. The third-order valence-corrected chi connectivity index (χ3v) is 2.37. The summed E-state index contributed by atoms with van der Waals surface area (Å²) in [5.41, 5.74) is 4.55. The number of carbonyl (C=O) groups is 1. The Morgan fingerprint density at radius 1 is 1.50 bits per heavy atom. The number of aromatic amines is 1. The quantitative estimate of drug-likeness (QED) is 0.435. The Kier molecular flexibility index (Phi) is 3.49. The van der Waals surface area contributed by atoms with Gasteiger partial charge in [0, 0.05) is 0 Å². The molecule has 1 aromatic heterocycles. The fourth-order valence-corrected chi connectivity index (χ4v) is 1.49. The molecule has 0 atom stereocenters. The van der Waals surface area contributed by atoms with Gasteiger partial charge in [-0.15, -0.1) is 10.2 Å². The van der Waals surface area contributed by atoms with Crippen molar-refractivity contribution >= 4 is 11.6 Å². The number of aromatic nitrogens is 4. The van der Waals surface area contributed by atoms with Crippen molar-refractivity contribution in [2.24, 2.45) is 5.84 Å². The van der Waals surface area contributed by atoms with Gasteiger partial charge in [-0.05, 0) is 24.6 Å². The molecule has 0 aliphatic carbocycles. The standard InChI is InChI=1S/C10H13N7O/c1-6-2-3-7(8(4-6)13-11)10(18)12-5-9-14-16-17-15-9/h2-4,13H,5,11H2,1H3,(H,12,18)(H,14,15,16,17). The first-order chi connectivity index (χ1) is 8.70. The number of carbonyl (C=O) groups excluding carboxylic acids is 1. The molecular weight excluding hydrogens is 234 g/mol. The van der Waals surface area contributed by atoms with E-state index >= 15 is 0 Å². The van der Waals surface area contributed by atoms with Crippen LogP contribution in [-0.4, -0.2) is 26.5 Å². The van der Waals surface area contributed by atoms with Crippen LogP contribution in [0.25, 0.3) is 0 Å². The summed E-state index contributed by atoms with van der Waals surface area (Å²) >= 11 is 0. The largest absolute Gasteiger partial charge is 0.345 e. The highest BCUT2D eigenvalue weighted by atomic mass is 16.1. The predicted molar refractivity (Wildman–Crippen MR) is 64.3 cm³/mol. The van der Waals surface area contributed by atoms with Crippen molar-refractivity contribution in [2.45, 2.75) is 13.5 Å². The summed E-state index contributed by atoms with van der Waals surface area (Å²) in [6.45, 7) is 2.12. The van der Waals surface area contributed by atoms with Crippen LogP contribution in [0.2, 0.25) is 0 Å². The van der Waals surface area contributed by atoms with E-state index in [2.05, 4.69) is 31.4 Å². The number of nitrogens with one attached hydrogen (secondary N) is 3. The number of anilines is 1. The fraction of sp³-hybridized carbons (Fsp3) is 0.200. The lowest BCUT2D eigenvalue weighted by Crippen LogP contribution is -2.25. The van der Waals surface area contributed by atoms with Gasteiger partial charge in [-0.3, -0.25) is 10.6 Å². The number of benzene rings is 1. The summed E-state index contributed by atoms with van der Waals surface area (Å²) in [7, 11) is 0. The van der Waals surface area contributed by atoms with Crippen molar-refractivity contribution in [2.75, 3.05) is 5.43 Å². The molecule has 8 nitrogen and oxygen atoms in total. The molecule has 0 unspecified atom stereocenters. The average molecular weight is 247 g/mol. The molecule has 0 spiro atoms. The molecule has 0 saturated heterocycles. The van der Waals surface area contributed by atoms with Gasteiger partial charge in [0.1, 0.15) is 0 Å². The minimum absolute atomic E-state index is 0.202. The van der Waals surface area contributed by atoms with Crippen LogP contribution in [0.3, 0.4) is 0 Å². The highest BCUT2D eigenvalue weighted by Gasteiger charge is 2.11. The highest BCUT2D eigenvalue weighted by molar-refractivity contribution is 5.99. The van der Waals surface area contributed by atoms with Crippen LogP contribution < -0.4 is 16.6 Å². The number of amides is 1. The molecule has 94 valence electrons. The van der Waals surface area contributed by atoms with Gasteiger partial charge in [0.05, 0.1) is 17.8 Å². The Morgan fingerprint density at radius 2 is 2.33 bits per heavy atom. The highest BCUT2D eigenvalue weighted by Crippen LogP contribution is 2.16. The van der Waals surface area contributed by atoms with E-state index < -0.39 is 0 Å². The topological polar surface area (TPSA) is 122 Å². The van der Waals surface area contributed by atoms with E-state index in [-0.39, 0.29) is 12.5 Å². The number of nitrogen functional groups attached to an aromatic ring is 1. The van der Waals surface area contributed by atoms with E-state index in [0.717, 1.165) is 5.56 Å². The van der Waals surface area contributed by atoms with Gasteiger partial charge in [0.2, 0.25) is 0 Å². The second-order valence-electron chi connectivity index (χ2n) is 3.70. The molecule has 0 aliphatic heterocycles. The Morgan fingerprint density at radius 3 is 3.00 bits per heavy atom. The number of nitrogens with zero attached hydrogens (tertiary/aromatic N) is 3. The number of aryl methyl sites for hydroxylation is 1. The lowest BCUT2D eigenvalue weighted by molar-refractivity contribution is 0.0950. The maximum atomic E-state index is 11.9. The number of hydrazine groups is 1. The maximum absolute atomic E-state index is 11.9. The van der Waals surface area contributed by atoms with Gasteiger partial charge in [0.25, 0.3) is 5.91 Å². The SMILES string of the molecule is Cc1ccc(C(=O)NCc2nn[nH]n2)c(NN)c1. The maximum Gasteiger partial charge on any atom is 0.253 e. The average Bonchev–Trinajstić information content (AvgIpc) is 2.88. The molecule has 1 aromatic carbocycles. The summed E-state index contributed by atoms with van der Waals surface area (Å²) in [6.07, 6.45) is 0. The first kappa shape index (κ1) is 12.0. The smallest absolute Gasteiger partial charge is 0.253 e. The molecule has 2 rings (SSSR count). The molecule has 2 aromatic rings. The van der Waals surface area contributed by atoms with Gasteiger partial charge in [-0.1, -0.05) is 11.3 Å². The van der Waals surface area contributed by atoms with Gasteiger partial charge in [-0.25, -0.2) is 0 Å². The summed E-state index contributed by atoms with van der Waals surface area (Å²) in [4.78, 5) is 11.9. The van der Waals surface area contributed by atoms with E-state index in [1.165, 1.54) is 0 Å². The minimum Gasteiger partial charge on any atom is -0.345 e. The molecule has 18 heavy (non-hydrogen) atoms. The molecule has 0 aliphatic rings. The number of nitrogens with two attached hydrogens (primary N) is 1. The van der Waals surface area contributed by atoms with Crippen LogP contribution in [0, 0.1) is 6.92 Å². The van der Waals surface area contributed by atoms with Crippen molar-refractivity contribution in [1.29, 1.82) is 0 Å². The summed E-state index contributed by atoms with van der Waals surface area (Å²) in [5.74, 6) is 5.54. The van der Waals surface area contributed by atoms with E-state index in [4.69, 9.17) is 5.84 Å². The molecule has 0 bridgehead atoms. The molecule has 5 N–H and O–H groups in total. The molecule has 8 heteroatoms. The zero-order valence-corrected chi connectivity index (χ0v) is 9.77. The monoisotopic (exact) mass is 247 g/mol. The fourth-order valence-electron chi connectivity index (χ4n) is 1.49.